The van der Waals surface area contributed by atoms with Gasteiger partial charge < -0.3 is 0 Å². The molecule has 0 aromatic heterocycles. The Morgan fingerprint density at radius 1 is 0.952 bits per heavy atom. The molecule has 0 aliphatic rings. The van der Waals surface area contributed by atoms with Gasteiger partial charge >= 0.3 is 10.2 Å². The fourth-order valence-corrected chi connectivity index (χ4v) is 2.33. The van der Waals surface area contributed by atoms with Gasteiger partial charge in [0.25, 0.3) is 0 Å². The summed E-state index contributed by atoms with van der Waals surface area (Å²) in [6.45, 7) is 0. The first-order chi connectivity index (χ1) is 9.90. The third-order valence-corrected chi connectivity index (χ3v) is 4.34. The van der Waals surface area contributed by atoms with E-state index < -0.39 is 10.2 Å². The Morgan fingerprint density at radius 3 is 2.19 bits per heavy atom. The molecule has 0 aliphatic heterocycles. The number of rotatable bonds is 5. The standard InChI is InChI=1S/C15H16N2O3S/c1-17(2)21(19,20)16-14-10-6-9-13(11-14)15(18)12-7-4-3-5-8-12/h3-11,16H,1-2H3. The maximum absolute atomic E-state index is 12.3. The van der Waals surface area contributed by atoms with Crippen LogP contribution in [0.3, 0.4) is 0 Å². The summed E-state index contributed by atoms with van der Waals surface area (Å²) >= 11 is 0. The van der Waals surface area contributed by atoms with E-state index in [9.17, 15) is 13.2 Å². The molecule has 0 atom stereocenters. The molecule has 110 valence electrons. The molecule has 1 N–H and O–H groups in total. The van der Waals surface area contributed by atoms with Crippen LogP contribution in [-0.2, 0) is 10.2 Å². The lowest BCUT2D eigenvalue weighted by molar-refractivity contribution is 0.103. The van der Waals surface area contributed by atoms with Gasteiger partial charge in [-0.15, -0.1) is 0 Å². The van der Waals surface area contributed by atoms with Crippen molar-refractivity contribution in [3.05, 3.63) is 65.7 Å². The highest BCUT2D eigenvalue weighted by Crippen LogP contribution is 2.16. The number of carbonyl (C=O) groups is 1. The minimum Gasteiger partial charge on any atom is -0.289 e. The van der Waals surface area contributed by atoms with Gasteiger partial charge in [0.2, 0.25) is 0 Å². The van der Waals surface area contributed by atoms with Crippen LogP contribution in [0.2, 0.25) is 0 Å². The predicted molar refractivity (Wildman–Crippen MR) is 82.5 cm³/mol. The molecule has 5 nitrogen and oxygen atoms in total. The van der Waals surface area contributed by atoms with Gasteiger partial charge in [0.1, 0.15) is 0 Å². The van der Waals surface area contributed by atoms with Gasteiger partial charge in [-0.05, 0) is 12.1 Å². The smallest absolute Gasteiger partial charge is 0.289 e. The Bertz CT molecular complexity index is 741. The van der Waals surface area contributed by atoms with Crippen molar-refractivity contribution < 1.29 is 13.2 Å². The molecule has 2 rings (SSSR count). The molecule has 0 aliphatic carbocycles. The second-order valence-electron chi connectivity index (χ2n) is 4.67. The molecule has 0 spiro atoms. The van der Waals surface area contributed by atoms with E-state index in [0.29, 0.717) is 16.8 Å². The summed E-state index contributed by atoms with van der Waals surface area (Å²) in [4.78, 5) is 12.3. The highest BCUT2D eigenvalue weighted by atomic mass is 32.2. The summed E-state index contributed by atoms with van der Waals surface area (Å²) in [7, 11) is -0.723. The minimum absolute atomic E-state index is 0.151. The van der Waals surface area contributed by atoms with E-state index in [-0.39, 0.29) is 5.78 Å². The van der Waals surface area contributed by atoms with Gasteiger partial charge in [0.15, 0.2) is 5.78 Å². The van der Waals surface area contributed by atoms with Gasteiger partial charge in [0.05, 0.1) is 5.69 Å². The van der Waals surface area contributed by atoms with E-state index in [4.69, 9.17) is 0 Å². The van der Waals surface area contributed by atoms with Gasteiger partial charge in [-0.2, -0.15) is 12.7 Å². The van der Waals surface area contributed by atoms with Crippen LogP contribution in [0.5, 0.6) is 0 Å². The van der Waals surface area contributed by atoms with Crippen molar-refractivity contribution in [3.63, 3.8) is 0 Å². The molecule has 0 bridgehead atoms. The Labute approximate surface area is 124 Å². The highest BCUT2D eigenvalue weighted by molar-refractivity contribution is 7.90. The van der Waals surface area contributed by atoms with E-state index >= 15 is 0 Å². The number of nitrogens with one attached hydrogen (secondary N) is 1. The first kappa shape index (κ1) is 15.2. The average Bonchev–Trinajstić information content (AvgIpc) is 2.47. The third-order valence-electron chi connectivity index (χ3n) is 2.89. The predicted octanol–water partition coefficient (Wildman–Crippen LogP) is 2.14. The van der Waals surface area contributed by atoms with E-state index in [1.807, 2.05) is 6.07 Å². The van der Waals surface area contributed by atoms with Crippen molar-refractivity contribution in [2.24, 2.45) is 0 Å². The first-order valence-electron chi connectivity index (χ1n) is 6.30. The zero-order valence-electron chi connectivity index (χ0n) is 11.8. The van der Waals surface area contributed by atoms with Crippen LogP contribution in [0.15, 0.2) is 54.6 Å². The molecule has 21 heavy (non-hydrogen) atoms. The number of carbonyl (C=O) groups excluding carboxylic acids is 1. The van der Waals surface area contributed by atoms with Crippen molar-refractivity contribution in [1.82, 2.24) is 4.31 Å². The Hall–Kier alpha value is -2.18. The second-order valence-corrected chi connectivity index (χ2v) is 6.55. The van der Waals surface area contributed by atoms with E-state index in [1.54, 1.807) is 42.5 Å². The summed E-state index contributed by atoms with van der Waals surface area (Å²) in [5.74, 6) is -0.151. The van der Waals surface area contributed by atoms with E-state index in [1.165, 1.54) is 20.2 Å². The average molecular weight is 304 g/mol. The number of ketones is 1. The lowest BCUT2D eigenvalue weighted by Gasteiger charge is -2.13. The number of nitrogens with zero attached hydrogens (tertiary/aromatic N) is 1. The molecule has 0 unspecified atom stereocenters. The van der Waals surface area contributed by atoms with Crippen LogP contribution in [0, 0.1) is 0 Å². The van der Waals surface area contributed by atoms with Crippen LogP contribution in [0.25, 0.3) is 0 Å². The van der Waals surface area contributed by atoms with E-state index in [0.717, 1.165) is 4.31 Å². The van der Waals surface area contributed by atoms with Crippen LogP contribution in [0.1, 0.15) is 15.9 Å². The lowest BCUT2D eigenvalue weighted by Crippen LogP contribution is -2.28. The van der Waals surface area contributed by atoms with Crippen molar-refractivity contribution >= 4 is 21.7 Å². The van der Waals surface area contributed by atoms with Gasteiger partial charge in [-0.25, -0.2) is 0 Å². The quantitative estimate of drug-likeness (QED) is 0.861. The summed E-state index contributed by atoms with van der Waals surface area (Å²) < 4.78 is 27.0. The largest absolute Gasteiger partial charge is 0.301 e. The van der Waals surface area contributed by atoms with Gasteiger partial charge in [-0.3, -0.25) is 9.52 Å². The van der Waals surface area contributed by atoms with Crippen molar-refractivity contribution in [1.29, 1.82) is 0 Å². The lowest BCUT2D eigenvalue weighted by atomic mass is 10.0. The molecule has 2 aromatic rings. The molecule has 2 aromatic carbocycles. The number of anilines is 1. The van der Waals surface area contributed by atoms with Crippen LogP contribution >= 0.6 is 0 Å². The Balaban J connectivity index is 2.29. The molecule has 0 amide bonds. The number of hydrogen-bond acceptors (Lipinski definition) is 3. The molecular formula is C15H16N2O3S. The molecule has 0 heterocycles. The fourth-order valence-electron chi connectivity index (χ4n) is 1.72. The Morgan fingerprint density at radius 2 is 1.57 bits per heavy atom. The molecule has 0 saturated carbocycles. The fraction of sp³-hybridized carbons (Fsp3) is 0.133. The summed E-state index contributed by atoms with van der Waals surface area (Å²) in [5.41, 5.74) is 1.34. The zero-order valence-corrected chi connectivity index (χ0v) is 12.6. The Kier molecular flexibility index (Phi) is 4.40. The maximum Gasteiger partial charge on any atom is 0.301 e. The maximum atomic E-state index is 12.3. The molecular weight excluding hydrogens is 288 g/mol. The normalized spacial score (nSPS) is 11.4. The first-order valence-corrected chi connectivity index (χ1v) is 7.74. The zero-order chi connectivity index (χ0) is 15.5. The summed E-state index contributed by atoms with van der Waals surface area (Å²) in [6, 6.07) is 15.3. The van der Waals surface area contributed by atoms with Crippen molar-refractivity contribution in [3.8, 4) is 0 Å². The topological polar surface area (TPSA) is 66.5 Å². The SMILES string of the molecule is CN(C)S(=O)(=O)Nc1cccc(C(=O)c2ccccc2)c1. The number of benzene rings is 2. The van der Waals surface area contributed by atoms with Gasteiger partial charge in [-0.1, -0.05) is 42.5 Å². The minimum atomic E-state index is -3.59. The number of hydrogen-bond donors (Lipinski definition) is 1. The van der Waals surface area contributed by atoms with Crippen molar-refractivity contribution in [2.75, 3.05) is 18.8 Å². The molecule has 0 radical (unpaired) electrons. The molecule has 6 heteroatoms. The molecule has 0 saturated heterocycles. The summed E-state index contributed by atoms with van der Waals surface area (Å²) in [6.07, 6.45) is 0. The van der Waals surface area contributed by atoms with Crippen LogP contribution in [0.4, 0.5) is 5.69 Å². The highest BCUT2D eigenvalue weighted by Gasteiger charge is 2.14. The second kappa shape index (κ2) is 6.07. The van der Waals surface area contributed by atoms with Crippen LogP contribution in [-0.4, -0.2) is 32.6 Å². The monoisotopic (exact) mass is 304 g/mol. The van der Waals surface area contributed by atoms with Crippen LogP contribution < -0.4 is 4.72 Å². The van der Waals surface area contributed by atoms with Crippen molar-refractivity contribution in [2.45, 2.75) is 0 Å². The third kappa shape index (κ3) is 3.68. The van der Waals surface area contributed by atoms with Gasteiger partial charge in [0, 0.05) is 25.2 Å². The summed E-state index contributed by atoms with van der Waals surface area (Å²) in [5, 5.41) is 0. The van der Waals surface area contributed by atoms with E-state index in [2.05, 4.69) is 4.72 Å². The molecule has 0 fully saturated rings.